The molecular formula is C14H28N2O4. The minimum Gasteiger partial charge on any atom is -0.389 e. The summed E-state index contributed by atoms with van der Waals surface area (Å²) in [6.07, 6.45) is 0.702. The summed E-state index contributed by atoms with van der Waals surface area (Å²) in [6, 6.07) is -0.231. The van der Waals surface area contributed by atoms with Crippen molar-refractivity contribution in [3.63, 3.8) is 0 Å². The second-order valence-electron chi connectivity index (χ2n) is 6.37. The van der Waals surface area contributed by atoms with Crippen LogP contribution in [-0.2, 0) is 0 Å². The SMILES string of the molecule is C[C@@H]1N[C@@H](CCCC[C@@H]2N[C@@H](C)[C@@H](O)[C@H]2O)[C@H](O)[C@@H]1O. The van der Waals surface area contributed by atoms with Crippen LogP contribution in [0.5, 0.6) is 0 Å². The lowest BCUT2D eigenvalue weighted by Gasteiger charge is -2.18. The number of aliphatic hydroxyl groups is 4. The van der Waals surface area contributed by atoms with Crippen LogP contribution in [0.2, 0.25) is 0 Å². The molecule has 2 aliphatic heterocycles. The molecule has 6 nitrogen and oxygen atoms in total. The van der Waals surface area contributed by atoms with Gasteiger partial charge in [0.05, 0.1) is 24.4 Å². The van der Waals surface area contributed by atoms with Crippen LogP contribution in [0.4, 0.5) is 0 Å². The van der Waals surface area contributed by atoms with E-state index in [4.69, 9.17) is 0 Å². The average Bonchev–Trinajstić information content (AvgIpc) is 2.80. The lowest BCUT2D eigenvalue weighted by atomic mass is 9.99. The van der Waals surface area contributed by atoms with Gasteiger partial charge in [0.1, 0.15) is 0 Å². The van der Waals surface area contributed by atoms with E-state index in [-0.39, 0.29) is 24.2 Å². The Morgan fingerprint density at radius 1 is 0.650 bits per heavy atom. The fourth-order valence-electron chi connectivity index (χ4n) is 3.37. The number of hydrogen-bond donors (Lipinski definition) is 6. The Morgan fingerprint density at radius 2 is 1.00 bits per heavy atom. The van der Waals surface area contributed by atoms with Crippen LogP contribution >= 0.6 is 0 Å². The lowest BCUT2D eigenvalue weighted by molar-refractivity contribution is 0.0270. The quantitative estimate of drug-likeness (QED) is 0.352. The third-order valence-electron chi connectivity index (χ3n) is 4.78. The fourth-order valence-corrected chi connectivity index (χ4v) is 3.37. The zero-order chi connectivity index (χ0) is 14.9. The summed E-state index contributed by atoms with van der Waals surface area (Å²) in [5.41, 5.74) is 0. The number of hydrogen-bond acceptors (Lipinski definition) is 6. The molecule has 2 rings (SSSR count). The first kappa shape index (κ1) is 16.1. The third kappa shape index (κ3) is 3.32. The van der Waals surface area contributed by atoms with Crippen molar-refractivity contribution in [2.45, 2.75) is 88.1 Å². The molecule has 20 heavy (non-hydrogen) atoms. The van der Waals surface area contributed by atoms with Crippen LogP contribution in [0.1, 0.15) is 39.5 Å². The smallest absolute Gasteiger partial charge is 0.0966 e. The molecule has 2 aliphatic rings. The molecule has 2 fully saturated rings. The second kappa shape index (κ2) is 6.68. The van der Waals surface area contributed by atoms with Gasteiger partial charge in [-0.1, -0.05) is 12.8 Å². The maximum Gasteiger partial charge on any atom is 0.0966 e. The lowest BCUT2D eigenvalue weighted by Crippen LogP contribution is -2.34. The van der Waals surface area contributed by atoms with Gasteiger partial charge in [0.2, 0.25) is 0 Å². The molecular weight excluding hydrogens is 260 g/mol. The summed E-state index contributed by atoms with van der Waals surface area (Å²) < 4.78 is 0. The summed E-state index contributed by atoms with van der Waals surface area (Å²) in [5, 5.41) is 45.5. The number of rotatable bonds is 5. The van der Waals surface area contributed by atoms with Gasteiger partial charge in [-0.05, 0) is 26.7 Å². The Kier molecular flexibility index (Phi) is 5.39. The summed E-state index contributed by atoms with van der Waals surface area (Å²) in [4.78, 5) is 0. The molecule has 8 atom stereocenters. The van der Waals surface area contributed by atoms with Crippen molar-refractivity contribution in [2.75, 3.05) is 0 Å². The minimum absolute atomic E-state index is 0.0500. The summed E-state index contributed by atoms with van der Waals surface area (Å²) in [5.74, 6) is 0. The molecule has 118 valence electrons. The van der Waals surface area contributed by atoms with Crippen molar-refractivity contribution in [3.8, 4) is 0 Å². The van der Waals surface area contributed by atoms with E-state index in [1.165, 1.54) is 0 Å². The third-order valence-corrected chi connectivity index (χ3v) is 4.78. The van der Waals surface area contributed by atoms with E-state index in [1.807, 2.05) is 13.8 Å². The molecule has 6 N–H and O–H groups in total. The van der Waals surface area contributed by atoms with Gasteiger partial charge >= 0.3 is 0 Å². The minimum atomic E-state index is -0.693. The van der Waals surface area contributed by atoms with E-state index >= 15 is 0 Å². The van der Waals surface area contributed by atoms with Gasteiger partial charge in [-0.15, -0.1) is 0 Å². The van der Waals surface area contributed by atoms with Gasteiger partial charge in [0.25, 0.3) is 0 Å². The highest BCUT2D eigenvalue weighted by molar-refractivity contribution is 4.97. The van der Waals surface area contributed by atoms with Gasteiger partial charge in [0, 0.05) is 24.2 Å². The molecule has 6 heteroatoms. The predicted molar refractivity (Wildman–Crippen MR) is 75.3 cm³/mol. The van der Waals surface area contributed by atoms with Crippen molar-refractivity contribution in [1.82, 2.24) is 10.6 Å². The van der Waals surface area contributed by atoms with Gasteiger partial charge in [0.15, 0.2) is 0 Å². The number of nitrogens with one attached hydrogen (secondary N) is 2. The van der Waals surface area contributed by atoms with E-state index in [2.05, 4.69) is 10.6 Å². The highest BCUT2D eigenvalue weighted by Crippen LogP contribution is 2.22. The highest BCUT2D eigenvalue weighted by atomic mass is 16.3. The van der Waals surface area contributed by atoms with Crippen LogP contribution in [0.15, 0.2) is 0 Å². The fraction of sp³-hybridized carbons (Fsp3) is 1.00. The molecule has 0 bridgehead atoms. The molecule has 0 aliphatic carbocycles. The monoisotopic (exact) mass is 288 g/mol. The Bertz CT molecular complexity index is 288. The molecule has 0 aromatic rings. The number of unbranched alkanes of at least 4 members (excludes halogenated alkanes) is 1. The first-order valence-electron chi connectivity index (χ1n) is 7.66. The van der Waals surface area contributed by atoms with E-state index in [0.717, 1.165) is 25.7 Å². The number of aliphatic hydroxyl groups excluding tert-OH is 4. The summed E-state index contributed by atoms with van der Waals surface area (Å²) >= 11 is 0. The summed E-state index contributed by atoms with van der Waals surface area (Å²) in [6.45, 7) is 3.74. The molecule has 0 unspecified atom stereocenters. The van der Waals surface area contributed by atoms with Crippen molar-refractivity contribution < 1.29 is 20.4 Å². The zero-order valence-electron chi connectivity index (χ0n) is 12.2. The van der Waals surface area contributed by atoms with E-state index in [0.29, 0.717) is 0 Å². The van der Waals surface area contributed by atoms with Gasteiger partial charge < -0.3 is 31.1 Å². The average molecular weight is 288 g/mol. The maximum atomic E-state index is 9.85. The Labute approximate surface area is 120 Å². The molecule has 2 heterocycles. The van der Waals surface area contributed by atoms with E-state index in [9.17, 15) is 20.4 Å². The molecule has 0 saturated carbocycles. The van der Waals surface area contributed by atoms with Crippen LogP contribution in [0, 0.1) is 0 Å². The first-order chi connectivity index (χ1) is 9.41. The highest BCUT2D eigenvalue weighted by Gasteiger charge is 2.39. The van der Waals surface area contributed by atoms with Crippen molar-refractivity contribution in [3.05, 3.63) is 0 Å². The molecule has 0 radical (unpaired) electrons. The van der Waals surface area contributed by atoms with Crippen LogP contribution in [0.3, 0.4) is 0 Å². The normalized spacial score (nSPS) is 48.9. The summed E-state index contributed by atoms with van der Waals surface area (Å²) in [7, 11) is 0. The standard InChI is InChI=1S/C14H28N2O4/c1-7-11(17)13(19)9(15-7)5-3-4-6-10-14(20)12(18)8(2)16-10/h7-20H,3-6H2,1-2H3/t7-,8-,9-,10-,11+,12+,13-,14-/m0/s1. The van der Waals surface area contributed by atoms with Crippen LogP contribution < -0.4 is 10.6 Å². The van der Waals surface area contributed by atoms with Gasteiger partial charge in [-0.25, -0.2) is 0 Å². The van der Waals surface area contributed by atoms with Crippen LogP contribution in [-0.4, -0.2) is 69.0 Å². The predicted octanol–water partition coefficient (Wildman–Crippen LogP) is -1.29. The van der Waals surface area contributed by atoms with Crippen LogP contribution in [0.25, 0.3) is 0 Å². The van der Waals surface area contributed by atoms with Crippen molar-refractivity contribution in [2.24, 2.45) is 0 Å². The largest absolute Gasteiger partial charge is 0.389 e. The molecule has 0 amide bonds. The molecule has 0 aromatic heterocycles. The van der Waals surface area contributed by atoms with Gasteiger partial charge in [-0.3, -0.25) is 0 Å². The second-order valence-corrected chi connectivity index (χ2v) is 6.37. The molecule has 0 spiro atoms. The van der Waals surface area contributed by atoms with Crippen molar-refractivity contribution >= 4 is 0 Å². The zero-order valence-corrected chi connectivity index (χ0v) is 12.2. The topological polar surface area (TPSA) is 105 Å². The molecule has 2 saturated heterocycles. The first-order valence-corrected chi connectivity index (χ1v) is 7.66. The van der Waals surface area contributed by atoms with E-state index in [1.54, 1.807) is 0 Å². The van der Waals surface area contributed by atoms with Crippen molar-refractivity contribution in [1.29, 1.82) is 0 Å². The van der Waals surface area contributed by atoms with Gasteiger partial charge in [-0.2, -0.15) is 0 Å². The maximum absolute atomic E-state index is 9.85. The Morgan fingerprint density at radius 3 is 1.25 bits per heavy atom. The molecule has 0 aromatic carbocycles. The Balaban J connectivity index is 1.65. The van der Waals surface area contributed by atoms with E-state index < -0.39 is 24.4 Å². The Hall–Kier alpha value is -0.240.